The molecule has 0 unspecified atom stereocenters. The number of piperidine rings is 1. The lowest BCUT2D eigenvalue weighted by atomic mass is 9.92. The summed E-state index contributed by atoms with van der Waals surface area (Å²) in [5.74, 6) is 0.990. The van der Waals surface area contributed by atoms with Crippen molar-refractivity contribution in [3.05, 3.63) is 11.8 Å². The molecule has 9 heteroatoms. The van der Waals surface area contributed by atoms with E-state index in [-0.39, 0.29) is 17.1 Å². The molecule has 2 heterocycles. The fourth-order valence-corrected chi connectivity index (χ4v) is 4.48. The molecule has 1 aliphatic heterocycles. The van der Waals surface area contributed by atoms with E-state index in [0.717, 1.165) is 38.2 Å². The minimum atomic E-state index is -4.54. The van der Waals surface area contributed by atoms with Gasteiger partial charge in [0.25, 0.3) is 0 Å². The molecule has 0 spiro atoms. The molecule has 0 amide bonds. The van der Waals surface area contributed by atoms with Gasteiger partial charge in [-0.1, -0.05) is 33.1 Å². The maximum Gasteiger partial charge on any atom is 0.433 e. The van der Waals surface area contributed by atoms with Crippen LogP contribution < -0.4 is 15.5 Å². The summed E-state index contributed by atoms with van der Waals surface area (Å²) in [4.78, 5) is 9.93. The van der Waals surface area contributed by atoms with Gasteiger partial charge in [-0.15, -0.1) is 0 Å². The van der Waals surface area contributed by atoms with Gasteiger partial charge < -0.3 is 15.5 Å². The smallest absolute Gasteiger partial charge is 0.360 e. The fourth-order valence-electron chi connectivity index (χ4n) is 4.22. The number of alkyl halides is 3. The highest BCUT2D eigenvalue weighted by Crippen LogP contribution is 2.32. The van der Waals surface area contributed by atoms with Crippen LogP contribution in [0.25, 0.3) is 0 Å². The molecular formula is C19H28F3N5S. The number of thiocarbonyl (C=S) groups is 1. The Labute approximate surface area is 169 Å². The predicted molar refractivity (Wildman–Crippen MR) is 108 cm³/mol. The number of anilines is 2. The molecular weight excluding hydrogens is 387 g/mol. The largest absolute Gasteiger partial charge is 0.433 e. The van der Waals surface area contributed by atoms with Gasteiger partial charge in [0.15, 0.2) is 10.8 Å². The third kappa shape index (κ3) is 5.68. The van der Waals surface area contributed by atoms with Gasteiger partial charge in [-0.05, 0) is 43.3 Å². The Balaban J connectivity index is 1.78. The van der Waals surface area contributed by atoms with Crippen molar-refractivity contribution >= 4 is 29.1 Å². The van der Waals surface area contributed by atoms with E-state index in [1.54, 1.807) is 0 Å². The summed E-state index contributed by atoms with van der Waals surface area (Å²) in [5, 5.41) is 6.23. The Hall–Kier alpha value is -1.64. The summed E-state index contributed by atoms with van der Waals surface area (Å²) in [6.45, 7) is 5.58. The standard InChI is InChI=1S/C19H28F3N5S/c1-12-8-13(2)11-27(10-12)16-9-15(19(20,21)22)24-17(25-16)26-18(28)23-14-6-4-3-5-7-14/h9,12-14H,3-8,10-11H2,1-2H3,(H2,23,24,25,26,28)/t12-,13+. The van der Waals surface area contributed by atoms with E-state index in [9.17, 15) is 13.2 Å². The highest BCUT2D eigenvalue weighted by molar-refractivity contribution is 7.80. The molecule has 2 N–H and O–H groups in total. The molecule has 0 radical (unpaired) electrons. The number of aromatic nitrogens is 2. The Kier molecular flexibility index (Phi) is 6.62. The van der Waals surface area contributed by atoms with Crippen molar-refractivity contribution in [2.75, 3.05) is 23.3 Å². The number of rotatable bonds is 3. The van der Waals surface area contributed by atoms with Gasteiger partial charge in [0.2, 0.25) is 5.95 Å². The quantitative estimate of drug-likeness (QED) is 0.704. The van der Waals surface area contributed by atoms with Gasteiger partial charge in [0.1, 0.15) is 5.82 Å². The van der Waals surface area contributed by atoms with Gasteiger partial charge in [-0.25, -0.2) is 4.98 Å². The molecule has 156 valence electrons. The Bertz CT molecular complexity index is 681. The molecule has 1 aliphatic carbocycles. The summed E-state index contributed by atoms with van der Waals surface area (Å²) in [6.07, 6.45) is 2.03. The maximum atomic E-state index is 13.4. The second kappa shape index (κ2) is 8.80. The Morgan fingerprint density at radius 1 is 1.11 bits per heavy atom. The number of halogens is 3. The van der Waals surface area contributed by atoms with Crippen LogP contribution in [0.5, 0.6) is 0 Å². The lowest BCUT2D eigenvalue weighted by Gasteiger charge is -2.36. The number of nitrogens with zero attached hydrogens (tertiary/aromatic N) is 3. The summed E-state index contributed by atoms with van der Waals surface area (Å²) in [5.41, 5.74) is -0.952. The van der Waals surface area contributed by atoms with Crippen LogP contribution in [0.3, 0.4) is 0 Å². The van der Waals surface area contributed by atoms with Crippen LogP contribution in [0.2, 0.25) is 0 Å². The molecule has 2 aliphatic rings. The Morgan fingerprint density at radius 3 is 2.36 bits per heavy atom. The highest BCUT2D eigenvalue weighted by Gasteiger charge is 2.35. The SMILES string of the molecule is C[C@@H]1C[C@H](C)CN(c2cc(C(F)(F)F)nc(NC(=S)NC3CCCCC3)n2)C1. The topological polar surface area (TPSA) is 53.1 Å². The van der Waals surface area contributed by atoms with E-state index in [1.165, 1.54) is 6.42 Å². The minimum Gasteiger partial charge on any atom is -0.360 e. The average Bonchev–Trinajstić information content (AvgIpc) is 2.60. The van der Waals surface area contributed by atoms with E-state index in [1.807, 2.05) is 4.90 Å². The number of hydrogen-bond donors (Lipinski definition) is 2. The molecule has 0 bridgehead atoms. The fraction of sp³-hybridized carbons (Fsp3) is 0.737. The maximum absolute atomic E-state index is 13.4. The van der Waals surface area contributed by atoms with E-state index < -0.39 is 11.9 Å². The number of nitrogens with one attached hydrogen (secondary N) is 2. The van der Waals surface area contributed by atoms with Gasteiger partial charge in [-0.2, -0.15) is 18.2 Å². The lowest BCUT2D eigenvalue weighted by molar-refractivity contribution is -0.141. The van der Waals surface area contributed by atoms with Gasteiger partial charge in [-0.3, -0.25) is 0 Å². The molecule has 2 atom stereocenters. The monoisotopic (exact) mass is 415 g/mol. The highest BCUT2D eigenvalue weighted by atomic mass is 32.1. The predicted octanol–water partition coefficient (Wildman–Crippen LogP) is 4.60. The molecule has 1 aromatic rings. The number of hydrogen-bond acceptors (Lipinski definition) is 4. The molecule has 1 saturated carbocycles. The van der Waals surface area contributed by atoms with Gasteiger partial charge in [0.05, 0.1) is 0 Å². The zero-order valence-corrected chi connectivity index (χ0v) is 17.2. The van der Waals surface area contributed by atoms with Crippen molar-refractivity contribution in [3.63, 3.8) is 0 Å². The van der Waals surface area contributed by atoms with Crippen LogP contribution in [0.15, 0.2) is 6.07 Å². The molecule has 2 fully saturated rings. The first-order chi connectivity index (χ1) is 13.2. The van der Waals surface area contributed by atoms with Gasteiger partial charge in [0, 0.05) is 25.2 Å². The van der Waals surface area contributed by atoms with Crippen molar-refractivity contribution in [2.24, 2.45) is 11.8 Å². The van der Waals surface area contributed by atoms with E-state index in [2.05, 4.69) is 34.4 Å². The molecule has 0 aromatic carbocycles. The lowest BCUT2D eigenvalue weighted by Crippen LogP contribution is -2.40. The first kappa shape index (κ1) is 21.1. The zero-order chi connectivity index (χ0) is 20.3. The summed E-state index contributed by atoms with van der Waals surface area (Å²) >= 11 is 5.29. The van der Waals surface area contributed by atoms with E-state index in [0.29, 0.717) is 30.7 Å². The van der Waals surface area contributed by atoms with Crippen LogP contribution in [0, 0.1) is 11.8 Å². The molecule has 1 saturated heterocycles. The van der Waals surface area contributed by atoms with Crippen LogP contribution in [0.1, 0.15) is 58.1 Å². The van der Waals surface area contributed by atoms with E-state index >= 15 is 0 Å². The van der Waals surface area contributed by atoms with Crippen LogP contribution in [0.4, 0.5) is 24.9 Å². The third-order valence-electron chi connectivity index (χ3n) is 5.36. The first-order valence-electron chi connectivity index (χ1n) is 9.99. The van der Waals surface area contributed by atoms with Crippen molar-refractivity contribution in [2.45, 2.75) is 64.6 Å². The Morgan fingerprint density at radius 2 is 1.75 bits per heavy atom. The van der Waals surface area contributed by atoms with Crippen molar-refractivity contribution in [1.29, 1.82) is 0 Å². The zero-order valence-electron chi connectivity index (χ0n) is 16.4. The summed E-state index contributed by atoms with van der Waals surface area (Å²) < 4.78 is 40.2. The molecule has 5 nitrogen and oxygen atoms in total. The van der Waals surface area contributed by atoms with Crippen LogP contribution >= 0.6 is 12.2 Å². The van der Waals surface area contributed by atoms with Crippen molar-refractivity contribution in [1.82, 2.24) is 15.3 Å². The van der Waals surface area contributed by atoms with Crippen LogP contribution in [-0.4, -0.2) is 34.2 Å². The second-order valence-corrected chi connectivity index (χ2v) is 8.63. The van der Waals surface area contributed by atoms with Crippen LogP contribution in [-0.2, 0) is 6.18 Å². The second-order valence-electron chi connectivity index (χ2n) is 8.22. The normalized spacial score (nSPS) is 24.1. The van der Waals surface area contributed by atoms with E-state index in [4.69, 9.17) is 12.2 Å². The van der Waals surface area contributed by atoms with Crippen molar-refractivity contribution < 1.29 is 13.2 Å². The third-order valence-corrected chi connectivity index (χ3v) is 5.58. The molecule has 1 aromatic heterocycles. The first-order valence-corrected chi connectivity index (χ1v) is 10.4. The van der Waals surface area contributed by atoms with Crippen molar-refractivity contribution in [3.8, 4) is 0 Å². The summed E-state index contributed by atoms with van der Waals surface area (Å²) in [7, 11) is 0. The summed E-state index contributed by atoms with van der Waals surface area (Å²) in [6, 6.07) is 1.29. The average molecular weight is 416 g/mol. The molecule has 28 heavy (non-hydrogen) atoms. The molecule has 3 rings (SSSR count). The minimum absolute atomic E-state index is 0.107. The van der Waals surface area contributed by atoms with Gasteiger partial charge >= 0.3 is 6.18 Å².